The number of halogens is 1. The maximum Gasteiger partial charge on any atom is 0.249 e. The Morgan fingerprint density at radius 2 is 2.13 bits per heavy atom. The molecule has 2 N–H and O–H groups in total. The highest BCUT2D eigenvalue weighted by Crippen LogP contribution is 2.14. The molecule has 1 amide bonds. The van der Waals surface area contributed by atoms with Crippen molar-refractivity contribution in [3.05, 3.63) is 53.6 Å². The first-order valence-electron chi connectivity index (χ1n) is 8.48. The minimum atomic E-state index is -2.93. The van der Waals surface area contributed by atoms with Gasteiger partial charge in [-0.25, -0.2) is 4.98 Å². The van der Waals surface area contributed by atoms with Crippen LogP contribution in [-0.2, 0) is 11.2 Å². The molecule has 3 rings (SSSR count). The van der Waals surface area contributed by atoms with Crippen molar-refractivity contribution in [3.63, 3.8) is 0 Å². The average molecular weight is 333 g/mol. The summed E-state index contributed by atoms with van der Waals surface area (Å²) < 4.78 is 32.1. The number of aryl methyl sites for hydroxylation is 1. The van der Waals surface area contributed by atoms with Gasteiger partial charge in [0.15, 0.2) is 5.82 Å². The molecule has 0 bridgehead atoms. The summed E-state index contributed by atoms with van der Waals surface area (Å²) in [7, 11) is 0. The van der Waals surface area contributed by atoms with Crippen molar-refractivity contribution in [1.82, 2.24) is 25.1 Å². The van der Waals surface area contributed by atoms with Crippen LogP contribution < -0.4 is 5.32 Å². The van der Waals surface area contributed by atoms with Crippen molar-refractivity contribution in [2.45, 2.75) is 12.7 Å². The van der Waals surface area contributed by atoms with Gasteiger partial charge < -0.3 is 0 Å². The molecule has 0 aliphatic carbocycles. The van der Waals surface area contributed by atoms with Gasteiger partial charge in [0, 0.05) is 36.0 Å². The minimum Gasteiger partial charge on any atom is -0.293 e. The first-order chi connectivity index (χ1) is 12.7. The molecule has 116 valence electrons. The van der Waals surface area contributed by atoms with E-state index in [1.807, 2.05) is 0 Å². The van der Waals surface area contributed by atoms with E-state index < -0.39 is 18.7 Å². The Morgan fingerprint density at radius 3 is 2.87 bits per heavy atom. The van der Waals surface area contributed by atoms with Crippen molar-refractivity contribution in [2.75, 3.05) is 5.32 Å². The van der Waals surface area contributed by atoms with Gasteiger partial charge in [0.2, 0.25) is 11.9 Å². The zero-order chi connectivity index (χ0) is 19.7. The highest BCUT2D eigenvalue weighted by atomic mass is 35.5. The maximum absolute atomic E-state index is 12.4. The van der Waals surface area contributed by atoms with Crippen molar-refractivity contribution >= 4 is 23.5 Å². The molecular formula is C15H13ClN6O. The molecule has 0 saturated heterocycles. The standard InChI is InChI=1S/C15H13ClN6O/c16-12-3-1-10(9-18-12)2-4-13(23)19-15-20-14(21-22-15)11-5-7-17-8-6-11/h1,3,5-9H,2,4H2,(H2,19,20,21,22,23)/i2D2,4D2. The van der Waals surface area contributed by atoms with Gasteiger partial charge in [-0.15, -0.1) is 5.10 Å². The van der Waals surface area contributed by atoms with Gasteiger partial charge in [-0.05, 0) is 30.1 Å². The average Bonchev–Trinajstić information content (AvgIpc) is 3.11. The minimum absolute atomic E-state index is 0.125. The molecule has 3 aromatic heterocycles. The van der Waals surface area contributed by atoms with Crippen molar-refractivity contribution < 1.29 is 10.3 Å². The van der Waals surface area contributed by atoms with Crippen molar-refractivity contribution in [3.8, 4) is 11.4 Å². The summed E-state index contributed by atoms with van der Waals surface area (Å²) in [6.07, 6.45) is -1.40. The number of aromatic amines is 1. The number of anilines is 1. The number of nitrogens with zero attached hydrogens (tertiary/aromatic N) is 4. The van der Waals surface area contributed by atoms with E-state index in [9.17, 15) is 4.79 Å². The molecule has 0 radical (unpaired) electrons. The largest absolute Gasteiger partial charge is 0.293 e. The Labute approximate surface area is 142 Å². The number of pyridine rings is 2. The molecule has 0 aromatic carbocycles. The first kappa shape index (κ1) is 10.8. The zero-order valence-electron chi connectivity index (χ0n) is 15.6. The van der Waals surface area contributed by atoms with E-state index in [2.05, 4.69) is 30.5 Å². The second kappa shape index (κ2) is 6.97. The van der Waals surface area contributed by atoms with Crippen molar-refractivity contribution in [1.29, 1.82) is 0 Å². The highest BCUT2D eigenvalue weighted by molar-refractivity contribution is 6.29. The highest BCUT2D eigenvalue weighted by Gasteiger charge is 2.09. The number of carbonyl (C=O) groups excluding carboxylic acids is 1. The Bertz CT molecular complexity index is 948. The molecule has 0 aliphatic heterocycles. The van der Waals surface area contributed by atoms with E-state index in [1.54, 1.807) is 24.5 Å². The zero-order valence-corrected chi connectivity index (χ0v) is 12.4. The normalized spacial score (nSPS) is 14.3. The molecule has 0 spiro atoms. The second-order valence-corrected chi connectivity index (χ2v) is 4.70. The summed E-state index contributed by atoms with van der Waals surface area (Å²) in [6.45, 7) is 0. The van der Waals surface area contributed by atoms with Crippen LogP contribution >= 0.6 is 11.6 Å². The molecule has 0 atom stereocenters. The van der Waals surface area contributed by atoms with Gasteiger partial charge in [-0.3, -0.25) is 20.2 Å². The number of hydrogen-bond acceptors (Lipinski definition) is 5. The molecule has 23 heavy (non-hydrogen) atoms. The number of nitrogens with one attached hydrogen (secondary N) is 2. The third-order valence-electron chi connectivity index (χ3n) is 2.71. The Hall–Kier alpha value is -2.80. The third-order valence-corrected chi connectivity index (χ3v) is 2.94. The van der Waals surface area contributed by atoms with E-state index in [1.165, 1.54) is 12.1 Å². The Kier molecular flexibility index (Phi) is 3.29. The number of amides is 1. The van der Waals surface area contributed by atoms with Gasteiger partial charge in [0.05, 0.1) is 0 Å². The molecule has 0 fully saturated rings. The second-order valence-electron chi connectivity index (χ2n) is 4.32. The lowest BCUT2D eigenvalue weighted by atomic mass is 10.1. The van der Waals surface area contributed by atoms with Crippen LogP contribution in [0.1, 0.15) is 17.4 Å². The predicted molar refractivity (Wildman–Crippen MR) is 85.8 cm³/mol. The van der Waals surface area contributed by atoms with Crippen LogP contribution in [0.5, 0.6) is 0 Å². The first-order valence-corrected chi connectivity index (χ1v) is 6.86. The number of carbonyl (C=O) groups is 1. The molecule has 0 saturated carbocycles. The predicted octanol–water partition coefficient (Wildman–Crippen LogP) is 2.49. The van der Waals surface area contributed by atoms with Crippen LogP contribution in [0.3, 0.4) is 0 Å². The third kappa shape index (κ3) is 4.10. The molecule has 8 heteroatoms. The van der Waals surface area contributed by atoms with E-state index in [0.29, 0.717) is 11.4 Å². The summed E-state index contributed by atoms with van der Waals surface area (Å²) in [5, 5.41) is 8.73. The number of H-pyrrole nitrogens is 1. The molecule has 7 nitrogen and oxygen atoms in total. The number of aromatic nitrogens is 5. The fraction of sp³-hybridized carbons (Fsp3) is 0.133. The van der Waals surface area contributed by atoms with E-state index in [0.717, 1.165) is 6.20 Å². The van der Waals surface area contributed by atoms with Crippen LogP contribution in [0.4, 0.5) is 5.95 Å². The Balaban J connectivity index is 1.80. The quantitative estimate of drug-likeness (QED) is 0.700. The summed E-state index contributed by atoms with van der Waals surface area (Å²) >= 11 is 5.67. The van der Waals surface area contributed by atoms with Gasteiger partial charge >= 0.3 is 0 Å². The fourth-order valence-electron chi connectivity index (χ4n) is 1.67. The SMILES string of the molecule is [2H]C([2H])(C(=O)Nc1n[nH]c(-c2ccncc2)n1)C([2H])([2H])c1ccc(Cl)nc1. The van der Waals surface area contributed by atoms with E-state index in [4.69, 9.17) is 17.1 Å². The van der Waals surface area contributed by atoms with Crippen LogP contribution in [0.15, 0.2) is 42.9 Å². The fourth-order valence-corrected chi connectivity index (χ4v) is 1.78. The summed E-state index contributed by atoms with van der Waals surface area (Å²) in [5.41, 5.74) is 0.545. The van der Waals surface area contributed by atoms with Crippen LogP contribution in [0.25, 0.3) is 11.4 Å². The van der Waals surface area contributed by atoms with Crippen LogP contribution in [0, 0.1) is 0 Å². The molecule has 3 heterocycles. The lowest BCUT2D eigenvalue weighted by Gasteiger charge is -2.01. The van der Waals surface area contributed by atoms with E-state index in [-0.39, 0.29) is 16.7 Å². The van der Waals surface area contributed by atoms with Gasteiger partial charge in [0.1, 0.15) is 5.15 Å². The van der Waals surface area contributed by atoms with Gasteiger partial charge in [-0.1, -0.05) is 17.7 Å². The number of hydrogen-bond donors (Lipinski definition) is 2. The maximum atomic E-state index is 12.4. The number of rotatable bonds is 5. The molecule has 0 aliphatic rings. The summed E-state index contributed by atoms with van der Waals surface area (Å²) in [6, 6.07) is 5.95. The summed E-state index contributed by atoms with van der Waals surface area (Å²) in [5.74, 6) is -1.07. The Morgan fingerprint density at radius 1 is 1.30 bits per heavy atom. The topological polar surface area (TPSA) is 96.5 Å². The molecule has 3 aromatic rings. The van der Waals surface area contributed by atoms with E-state index >= 15 is 0 Å². The van der Waals surface area contributed by atoms with Gasteiger partial charge in [0.25, 0.3) is 0 Å². The summed E-state index contributed by atoms with van der Waals surface area (Å²) in [4.78, 5) is 24.1. The lowest BCUT2D eigenvalue weighted by molar-refractivity contribution is -0.116. The lowest BCUT2D eigenvalue weighted by Crippen LogP contribution is -2.13. The van der Waals surface area contributed by atoms with Crippen LogP contribution in [-0.4, -0.2) is 31.1 Å². The van der Waals surface area contributed by atoms with Crippen LogP contribution in [0.2, 0.25) is 5.15 Å². The molecular weight excluding hydrogens is 316 g/mol. The molecule has 0 unspecified atom stereocenters. The monoisotopic (exact) mass is 332 g/mol. The van der Waals surface area contributed by atoms with Crippen molar-refractivity contribution in [2.24, 2.45) is 0 Å². The van der Waals surface area contributed by atoms with Gasteiger partial charge in [-0.2, -0.15) is 4.98 Å². The smallest absolute Gasteiger partial charge is 0.249 e.